The van der Waals surface area contributed by atoms with Gasteiger partial charge in [-0.3, -0.25) is 4.98 Å². The van der Waals surface area contributed by atoms with Gasteiger partial charge in [-0.15, -0.1) is 0 Å². The van der Waals surface area contributed by atoms with E-state index in [-0.39, 0.29) is 0 Å². The minimum Gasteiger partial charge on any atom is -0.385 e. The van der Waals surface area contributed by atoms with Gasteiger partial charge in [0.1, 0.15) is 0 Å². The Kier molecular flexibility index (Phi) is 6.92. The normalized spacial score (nSPS) is 14.4. The van der Waals surface area contributed by atoms with E-state index in [4.69, 9.17) is 9.47 Å². The van der Waals surface area contributed by atoms with Crippen LogP contribution in [0.25, 0.3) is 0 Å². The molecule has 0 spiro atoms. The van der Waals surface area contributed by atoms with Crippen LogP contribution in [-0.4, -0.2) is 51.5 Å². The second-order valence-electron chi connectivity index (χ2n) is 5.49. The lowest BCUT2D eigenvalue weighted by Crippen LogP contribution is -2.30. The Labute approximate surface area is 127 Å². The van der Waals surface area contributed by atoms with Crippen LogP contribution in [0.3, 0.4) is 0 Å². The summed E-state index contributed by atoms with van der Waals surface area (Å²) in [7, 11) is 3.49. The molecule has 2 rings (SSSR count). The minimum absolute atomic E-state index is 0.707. The summed E-state index contributed by atoms with van der Waals surface area (Å²) in [5.74, 6) is 0. The van der Waals surface area contributed by atoms with E-state index in [0.29, 0.717) is 6.04 Å². The van der Waals surface area contributed by atoms with Crippen LogP contribution in [0.15, 0.2) is 18.5 Å². The lowest BCUT2D eigenvalue weighted by molar-refractivity contribution is 0.191. The number of hydrogen-bond donors (Lipinski definition) is 1. The van der Waals surface area contributed by atoms with Crippen LogP contribution < -0.4 is 10.2 Å². The number of aromatic nitrogens is 1. The zero-order chi connectivity index (χ0) is 14.9. The lowest BCUT2D eigenvalue weighted by atomic mass is 10.2. The molecule has 0 saturated heterocycles. The van der Waals surface area contributed by atoms with Crippen molar-refractivity contribution >= 4 is 5.69 Å². The van der Waals surface area contributed by atoms with Crippen molar-refractivity contribution in [3.8, 4) is 0 Å². The van der Waals surface area contributed by atoms with Gasteiger partial charge in [-0.2, -0.15) is 0 Å². The summed E-state index contributed by atoms with van der Waals surface area (Å²) < 4.78 is 10.4. The van der Waals surface area contributed by atoms with E-state index in [1.54, 1.807) is 14.2 Å². The van der Waals surface area contributed by atoms with Crippen molar-refractivity contribution in [1.29, 1.82) is 0 Å². The molecule has 0 amide bonds. The van der Waals surface area contributed by atoms with Crippen molar-refractivity contribution in [3.05, 3.63) is 24.0 Å². The molecule has 5 heteroatoms. The van der Waals surface area contributed by atoms with Gasteiger partial charge in [-0.25, -0.2) is 0 Å². The molecule has 1 fully saturated rings. The van der Waals surface area contributed by atoms with Crippen molar-refractivity contribution in [2.45, 2.75) is 31.8 Å². The fraction of sp³-hybridized carbons (Fsp3) is 0.688. The molecular weight excluding hydrogens is 266 g/mol. The first-order valence-electron chi connectivity index (χ1n) is 7.74. The second kappa shape index (κ2) is 8.97. The molecule has 21 heavy (non-hydrogen) atoms. The average molecular weight is 293 g/mol. The summed E-state index contributed by atoms with van der Waals surface area (Å²) in [6.45, 7) is 4.26. The van der Waals surface area contributed by atoms with Gasteiger partial charge in [-0.1, -0.05) is 0 Å². The Balaban J connectivity index is 2.00. The molecular formula is C16H27N3O2. The van der Waals surface area contributed by atoms with E-state index in [9.17, 15) is 0 Å². The zero-order valence-corrected chi connectivity index (χ0v) is 13.2. The Bertz CT molecular complexity index is 410. The average Bonchev–Trinajstić information content (AvgIpc) is 3.33. The molecule has 118 valence electrons. The van der Waals surface area contributed by atoms with Gasteiger partial charge in [0.2, 0.25) is 0 Å². The van der Waals surface area contributed by atoms with E-state index < -0.39 is 0 Å². The smallest absolute Gasteiger partial charge is 0.0637 e. The standard InChI is InChI=1S/C16H27N3O2/c1-20-10-3-8-19(9-11-21-2)16-6-7-17-12-14(16)13-18-15-4-5-15/h6-7,12,15,18H,3-5,8-11,13H2,1-2H3. The monoisotopic (exact) mass is 293 g/mol. The van der Waals surface area contributed by atoms with Crippen molar-refractivity contribution in [2.24, 2.45) is 0 Å². The number of pyridine rings is 1. The molecule has 0 radical (unpaired) electrons. The summed E-state index contributed by atoms with van der Waals surface area (Å²) in [5, 5.41) is 3.57. The number of methoxy groups -OCH3 is 2. The third-order valence-corrected chi connectivity index (χ3v) is 3.72. The third kappa shape index (κ3) is 5.61. The maximum absolute atomic E-state index is 5.24. The van der Waals surface area contributed by atoms with Gasteiger partial charge in [0.25, 0.3) is 0 Å². The van der Waals surface area contributed by atoms with E-state index in [1.165, 1.54) is 24.1 Å². The Morgan fingerprint density at radius 3 is 2.76 bits per heavy atom. The van der Waals surface area contributed by atoms with Crippen LogP contribution in [0.5, 0.6) is 0 Å². The highest BCUT2D eigenvalue weighted by atomic mass is 16.5. The maximum atomic E-state index is 5.24. The quantitative estimate of drug-likeness (QED) is 0.631. The topological polar surface area (TPSA) is 46.6 Å². The molecule has 1 N–H and O–H groups in total. The summed E-state index contributed by atoms with van der Waals surface area (Å²) in [4.78, 5) is 6.65. The van der Waals surface area contributed by atoms with E-state index >= 15 is 0 Å². The second-order valence-corrected chi connectivity index (χ2v) is 5.49. The van der Waals surface area contributed by atoms with Crippen LogP contribution in [0.4, 0.5) is 5.69 Å². The molecule has 0 aromatic carbocycles. The van der Waals surface area contributed by atoms with Gasteiger partial charge in [0.15, 0.2) is 0 Å². The van der Waals surface area contributed by atoms with Crippen molar-refractivity contribution in [1.82, 2.24) is 10.3 Å². The van der Waals surface area contributed by atoms with Gasteiger partial charge < -0.3 is 19.7 Å². The number of hydrogen-bond acceptors (Lipinski definition) is 5. The fourth-order valence-corrected chi connectivity index (χ4v) is 2.36. The van der Waals surface area contributed by atoms with E-state index in [2.05, 4.69) is 21.3 Å². The van der Waals surface area contributed by atoms with E-state index in [1.807, 2.05) is 12.4 Å². The molecule has 1 aliphatic carbocycles. The highest BCUT2D eigenvalue weighted by Crippen LogP contribution is 2.23. The molecule has 0 unspecified atom stereocenters. The molecule has 1 heterocycles. The van der Waals surface area contributed by atoms with Gasteiger partial charge >= 0.3 is 0 Å². The van der Waals surface area contributed by atoms with Crippen LogP contribution in [0, 0.1) is 0 Å². The molecule has 1 saturated carbocycles. The van der Waals surface area contributed by atoms with Crippen molar-refractivity contribution in [3.63, 3.8) is 0 Å². The maximum Gasteiger partial charge on any atom is 0.0637 e. The molecule has 1 aromatic heterocycles. The number of nitrogens with zero attached hydrogens (tertiary/aromatic N) is 2. The van der Waals surface area contributed by atoms with Crippen molar-refractivity contribution in [2.75, 3.05) is 45.4 Å². The number of nitrogens with one attached hydrogen (secondary N) is 1. The fourth-order valence-electron chi connectivity index (χ4n) is 2.36. The Morgan fingerprint density at radius 2 is 2.05 bits per heavy atom. The number of ether oxygens (including phenoxy) is 2. The first-order valence-corrected chi connectivity index (χ1v) is 7.74. The third-order valence-electron chi connectivity index (χ3n) is 3.72. The van der Waals surface area contributed by atoms with Crippen LogP contribution >= 0.6 is 0 Å². The predicted molar refractivity (Wildman–Crippen MR) is 84.7 cm³/mol. The Morgan fingerprint density at radius 1 is 1.24 bits per heavy atom. The van der Waals surface area contributed by atoms with Gasteiger partial charge in [0, 0.05) is 70.1 Å². The SMILES string of the molecule is COCCCN(CCOC)c1ccncc1CNC1CC1. The molecule has 0 bridgehead atoms. The summed E-state index contributed by atoms with van der Waals surface area (Å²) >= 11 is 0. The largest absolute Gasteiger partial charge is 0.385 e. The zero-order valence-electron chi connectivity index (χ0n) is 13.2. The van der Waals surface area contributed by atoms with Gasteiger partial charge in [0.05, 0.1) is 6.61 Å². The molecule has 0 aliphatic heterocycles. The van der Waals surface area contributed by atoms with Crippen LogP contribution in [-0.2, 0) is 16.0 Å². The highest BCUT2D eigenvalue weighted by Gasteiger charge is 2.21. The first-order chi connectivity index (χ1) is 10.3. The van der Waals surface area contributed by atoms with Gasteiger partial charge in [-0.05, 0) is 25.3 Å². The molecule has 0 atom stereocenters. The van der Waals surface area contributed by atoms with Crippen LogP contribution in [0.1, 0.15) is 24.8 Å². The first kappa shape index (κ1) is 16.2. The van der Waals surface area contributed by atoms with Crippen molar-refractivity contribution < 1.29 is 9.47 Å². The lowest BCUT2D eigenvalue weighted by Gasteiger charge is -2.27. The Hall–Kier alpha value is -1.17. The number of rotatable bonds is 11. The predicted octanol–water partition coefficient (Wildman–Crippen LogP) is 1.82. The molecule has 1 aromatic rings. The highest BCUT2D eigenvalue weighted by molar-refractivity contribution is 5.52. The molecule has 5 nitrogen and oxygen atoms in total. The summed E-state index contributed by atoms with van der Waals surface area (Å²) in [6, 6.07) is 2.81. The number of anilines is 1. The molecule has 1 aliphatic rings. The summed E-state index contributed by atoms with van der Waals surface area (Å²) in [5.41, 5.74) is 2.52. The summed E-state index contributed by atoms with van der Waals surface area (Å²) in [6.07, 6.45) is 7.46. The minimum atomic E-state index is 0.707. The van der Waals surface area contributed by atoms with Crippen LogP contribution in [0.2, 0.25) is 0 Å². The van der Waals surface area contributed by atoms with E-state index in [0.717, 1.165) is 39.3 Å².